The average Bonchev–Trinajstić information content (AvgIpc) is 3.08. The van der Waals surface area contributed by atoms with Crippen molar-refractivity contribution in [2.24, 2.45) is 0 Å². The Hall–Kier alpha value is -2.16. The van der Waals surface area contributed by atoms with Gasteiger partial charge in [-0.3, -0.25) is 9.59 Å². The van der Waals surface area contributed by atoms with Gasteiger partial charge in [0.2, 0.25) is 5.91 Å². The molecule has 1 aromatic carbocycles. The Labute approximate surface area is 162 Å². The smallest absolute Gasteiger partial charge is 0.277 e. The van der Waals surface area contributed by atoms with Crippen molar-refractivity contribution in [3.8, 4) is 0 Å². The summed E-state index contributed by atoms with van der Waals surface area (Å²) in [7, 11) is 0. The summed E-state index contributed by atoms with van der Waals surface area (Å²) in [5.41, 5.74) is 1.10. The molecule has 3 rings (SSSR count). The maximum Gasteiger partial charge on any atom is 0.277 e. The van der Waals surface area contributed by atoms with Gasteiger partial charge >= 0.3 is 0 Å². The summed E-state index contributed by atoms with van der Waals surface area (Å²) in [6.07, 6.45) is 3.56. The van der Waals surface area contributed by atoms with E-state index in [0.29, 0.717) is 16.4 Å². The Morgan fingerprint density at radius 2 is 1.96 bits per heavy atom. The van der Waals surface area contributed by atoms with Crippen LogP contribution in [0.5, 0.6) is 0 Å². The lowest BCUT2D eigenvalue weighted by molar-refractivity contribution is -0.114. The fraction of sp³-hybridized carbons (Fsp3) is 0.375. The van der Waals surface area contributed by atoms with Gasteiger partial charge in [0.1, 0.15) is 0 Å². The molecular formula is C16H20Cl2N6O2. The molecule has 0 saturated carbocycles. The Kier molecular flexibility index (Phi) is 6.96. The molecule has 0 radical (unpaired) electrons. The minimum atomic E-state index is -0.394. The molecule has 0 spiro atoms. The van der Waals surface area contributed by atoms with E-state index in [1.165, 1.54) is 6.92 Å². The van der Waals surface area contributed by atoms with E-state index >= 15 is 0 Å². The number of piperidine rings is 1. The van der Waals surface area contributed by atoms with Crippen LogP contribution in [0.1, 0.15) is 36.3 Å². The second kappa shape index (κ2) is 8.98. The fourth-order valence-corrected chi connectivity index (χ4v) is 2.91. The molecule has 1 aromatic heterocycles. The maximum absolute atomic E-state index is 12.4. The number of hydrogen-bond acceptors (Lipinski definition) is 5. The second-order valence-electron chi connectivity index (χ2n) is 5.89. The van der Waals surface area contributed by atoms with Crippen molar-refractivity contribution in [3.05, 3.63) is 35.1 Å². The molecule has 8 nitrogen and oxygen atoms in total. The van der Waals surface area contributed by atoms with Crippen molar-refractivity contribution in [3.63, 3.8) is 0 Å². The molecule has 0 bridgehead atoms. The van der Waals surface area contributed by atoms with Crippen LogP contribution in [0.25, 0.3) is 0 Å². The quantitative estimate of drug-likeness (QED) is 0.734. The van der Waals surface area contributed by atoms with Crippen LogP contribution in [0, 0.1) is 0 Å². The second-order valence-corrected chi connectivity index (χ2v) is 6.33. The predicted octanol–water partition coefficient (Wildman–Crippen LogP) is 2.49. The molecule has 10 heteroatoms. The third-order valence-electron chi connectivity index (χ3n) is 3.97. The van der Waals surface area contributed by atoms with Gasteiger partial charge in [0, 0.05) is 11.9 Å². The van der Waals surface area contributed by atoms with Crippen LogP contribution in [0.2, 0.25) is 5.02 Å². The van der Waals surface area contributed by atoms with Crippen molar-refractivity contribution in [2.75, 3.05) is 23.7 Å². The van der Waals surface area contributed by atoms with Crippen LogP contribution in [-0.2, 0) is 4.79 Å². The van der Waals surface area contributed by atoms with Crippen molar-refractivity contribution in [1.82, 2.24) is 20.3 Å². The Bertz CT molecular complexity index is 789. The third kappa shape index (κ3) is 4.94. The molecule has 1 fully saturated rings. The van der Waals surface area contributed by atoms with Gasteiger partial charge in [0.15, 0.2) is 5.69 Å². The first-order valence-corrected chi connectivity index (χ1v) is 8.42. The van der Waals surface area contributed by atoms with E-state index in [1.807, 2.05) is 0 Å². The molecule has 140 valence electrons. The molecule has 26 heavy (non-hydrogen) atoms. The van der Waals surface area contributed by atoms with Crippen molar-refractivity contribution in [2.45, 2.75) is 25.8 Å². The minimum absolute atomic E-state index is 0. The summed E-state index contributed by atoms with van der Waals surface area (Å²) in [6.45, 7) is 3.24. The zero-order valence-electron chi connectivity index (χ0n) is 14.2. The molecular weight excluding hydrogens is 379 g/mol. The predicted molar refractivity (Wildman–Crippen MR) is 102 cm³/mol. The Morgan fingerprint density at radius 1 is 1.23 bits per heavy atom. The van der Waals surface area contributed by atoms with Gasteiger partial charge < -0.3 is 16.0 Å². The lowest BCUT2D eigenvalue weighted by atomic mass is 10.1. The van der Waals surface area contributed by atoms with Gasteiger partial charge in [-0.15, -0.1) is 17.5 Å². The van der Waals surface area contributed by atoms with E-state index in [-0.39, 0.29) is 30.0 Å². The first kappa shape index (κ1) is 20.2. The summed E-state index contributed by atoms with van der Waals surface area (Å²) in [6, 6.07) is 5.09. The number of nitrogens with zero attached hydrogens (tertiary/aromatic N) is 3. The van der Waals surface area contributed by atoms with E-state index in [9.17, 15) is 9.59 Å². The average molecular weight is 399 g/mol. The molecule has 1 saturated heterocycles. The highest BCUT2D eigenvalue weighted by Crippen LogP contribution is 2.26. The number of amides is 2. The number of halogens is 2. The molecule has 1 aliphatic heterocycles. The highest BCUT2D eigenvalue weighted by Gasteiger charge is 2.19. The van der Waals surface area contributed by atoms with Gasteiger partial charge in [-0.2, -0.15) is 0 Å². The molecule has 0 atom stereocenters. The number of benzene rings is 1. The molecule has 2 amide bonds. The molecule has 1 aliphatic rings. The molecule has 2 aromatic rings. The SMILES string of the molecule is CC(=O)Nc1cc(Cl)ccc1NC(=O)c1cn(C2CCNCC2)nn1.Cl. The van der Waals surface area contributed by atoms with Crippen molar-refractivity contribution in [1.29, 1.82) is 0 Å². The minimum Gasteiger partial charge on any atom is -0.324 e. The van der Waals surface area contributed by atoms with Gasteiger partial charge in [-0.05, 0) is 44.1 Å². The van der Waals surface area contributed by atoms with Crippen LogP contribution < -0.4 is 16.0 Å². The Balaban J connectivity index is 0.00000243. The molecule has 0 aliphatic carbocycles. The highest BCUT2D eigenvalue weighted by molar-refractivity contribution is 6.31. The van der Waals surface area contributed by atoms with E-state index in [2.05, 4.69) is 26.3 Å². The fourth-order valence-electron chi connectivity index (χ4n) is 2.74. The molecule has 2 heterocycles. The standard InChI is InChI=1S/C16H19ClN6O2.ClH/c1-10(24)19-14-8-11(17)2-3-13(14)20-16(25)15-9-23(22-21-15)12-4-6-18-7-5-12;/h2-3,8-9,12,18H,4-7H2,1H3,(H,19,24)(H,20,25);1H. The lowest BCUT2D eigenvalue weighted by Gasteiger charge is -2.22. The number of aromatic nitrogens is 3. The number of rotatable bonds is 4. The number of hydrogen-bond donors (Lipinski definition) is 3. The third-order valence-corrected chi connectivity index (χ3v) is 4.20. The van der Waals surface area contributed by atoms with E-state index in [1.54, 1.807) is 29.1 Å². The Morgan fingerprint density at radius 3 is 2.65 bits per heavy atom. The van der Waals surface area contributed by atoms with Gasteiger partial charge in [0.25, 0.3) is 5.91 Å². The number of anilines is 2. The van der Waals surface area contributed by atoms with Gasteiger partial charge in [-0.1, -0.05) is 16.8 Å². The first-order valence-electron chi connectivity index (χ1n) is 8.04. The maximum atomic E-state index is 12.4. The van der Waals surface area contributed by atoms with Crippen LogP contribution in [0.15, 0.2) is 24.4 Å². The van der Waals surface area contributed by atoms with Crippen LogP contribution in [0.3, 0.4) is 0 Å². The first-order chi connectivity index (χ1) is 12.0. The monoisotopic (exact) mass is 398 g/mol. The number of nitrogens with one attached hydrogen (secondary N) is 3. The summed E-state index contributed by atoms with van der Waals surface area (Å²) in [4.78, 5) is 23.8. The highest BCUT2D eigenvalue weighted by atomic mass is 35.5. The summed E-state index contributed by atoms with van der Waals surface area (Å²) >= 11 is 5.95. The normalized spacial score (nSPS) is 14.4. The summed E-state index contributed by atoms with van der Waals surface area (Å²) < 4.78 is 1.74. The zero-order chi connectivity index (χ0) is 17.8. The largest absolute Gasteiger partial charge is 0.324 e. The van der Waals surface area contributed by atoms with E-state index < -0.39 is 5.91 Å². The topological polar surface area (TPSA) is 101 Å². The van der Waals surface area contributed by atoms with Crippen LogP contribution >= 0.6 is 24.0 Å². The van der Waals surface area contributed by atoms with Gasteiger partial charge in [0.05, 0.1) is 23.6 Å². The summed E-state index contributed by atoms with van der Waals surface area (Å²) in [5.74, 6) is -0.649. The zero-order valence-corrected chi connectivity index (χ0v) is 15.7. The van der Waals surface area contributed by atoms with Crippen LogP contribution in [0.4, 0.5) is 11.4 Å². The summed E-state index contributed by atoms with van der Waals surface area (Å²) in [5, 5.41) is 17.2. The van der Waals surface area contributed by atoms with Crippen molar-refractivity contribution >= 4 is 47.2 Å². The van der Waals surface area contributed by atoms with Crippen molar-refractivity contribution < 1.29 is 9.59 Å². The van der Waals surface area contributed by atoms with E-state index in [4.69, 9.17) is 11.6 Å². The number of carbonyl (C=O) groups is 2. The lowest BCUT2D eigenvalue weighted by Crippen LogP contribution is -2.29. The molecule has 0 unspecified atom stereocenters. The molecule has 3 N–H and O–H groups in total. The van der Waals surface area contributed by atoms with E-state index in [0.717, 1.165) is 25.9 Å². The van der Waals surface area contributed by atoms with Gasteiger partial charge in [-0.25, -0.2) is 4.68 Å². The number of carbonyl (C=O) groups excluding carboxylic acids is 2. The van der Waals surface area contributed by atoms with Crippen LogP contribution in [-0.4, -0.2) is 39.9 Å².